The molecule has 1 rings (SSSR count). The third-order valence-corrected chi connectivity index (χ3v) is 2.11. The second-order valence-electron chi connectivity index (χ2n) is 3.32. The molecule has 0 spiro atoms. The van der Waals surface area contributed by atoms with Crippen molar-refractivity contribution in [1.82, 2.24) is 4.90 Å². The maximum atomic E-state index is 11.7. The van der Waals surface area contributed by atoms with Crippen molar-refractivity contribution in [3.05, 3.63) is 24.2 Å². The van der Waals surface area contributed by atoms with Gasteiger partial charge in [0.2, 0.25) is 5.91 Å². The van der Waals surface area contributed by atoms with Crippen molar-refractivity contribution in [1.29, 1.82) is 0 Å². The van der Waals surface area contributed by atoms with Crippen LogP contribution in [0.4, 0.5) is 0 Å². The molecule has 0 N–H and O–H groups in total. The van der Waals surface area contributed by atoms with Crippen molar-refractivity contribution in [3.8, 4) is 0 Å². The zero-order valence-electron chi connectivity index (χ0n) is 9.64. The molecule has 1 heterocycles. The first-order valence-electron chi connectivity index (χ1n) is 5.06. The molecule has 0 aliphatic heterocycles. The molecule has 0 saturated carbocycles. The highest BCUT2D eigenvalue weighted by Gasteiger charge is 2.14. The summed E-state index contributed by atoms with van der Waals surface area (Å²) < 4.78 is 15.0. The van der Waals surface area contributed by atoms with Crippen molar-refractivity contribution in [3.63, 3.8) is 0 Å². The van der Waals surface area contributed by atoms with Crippen LogP contribution in [0.5, 0.6) is 0 Å². The largest absolute Gasteiger partial charge is 0.467 e. The lowest BCUT2D eigenvalue weighted by Crippen LogP contribution is -2.35. The second kappa shape index (κ2) is 7.03. The summed E-state index contributed by atoms with van der Waals surface area (Å²) in [6.07, 6.45) is 1.59. The Kier molecular flexibility index (Phi) is 5.60. The van der Waals surface area contributed by atoms with Crippen LogP contribution in [-0.4, -0.2) is 44.8 Å². The quantitative estimate of drug-likeness (QED) is 0.694. The van der Waals surface area contributed by atoms with Crippen LogP contribution in [0.2, 0.25) is 0 Å². The molecule has 5 nitrogen and oxygen atoms in total. The molecule has 1 amide bonds. The first-order chi connectivity index (χ1) is 7.77. The summed E-state index contributed by atoms with van der Waals surface area (Å²) >= 11 is 0. The van der Waals surface area contributed by atoms with Gasteiger partial charge in [-0.05, 0) is 12.1 Å². The van der Waals surface area contributed by atoms with Gasteiger partial charge in [0.15, 0.2) is 0 Å². The molecular formula is C11H17NO4. The predicted molar refractivity (Wildman–Crippen MR) is 57.9 cm³/mol. The molecule has 0 aromatic carbocycles. The monoisotopic (exact) mass is 227 g/mol. The summed E-state index contributed by atoms with van der Waals surface area (Å²) in [5, 5.41) is 0. The van der Waals surface area contributed by atoms with Crippen LogP contribution < -0.4 is 0 Å². The number of furan rings is 1. The van der Waals surface area contributed by atoms with Crippen molar-refractivity contribution in [2.45, 2.75) is 6.54 Å². The lowest BCUT2D eigenvalue weighted by Gasteiger charge is -2.20. The number of carbonyl (C=O) groups excluding carboxylic acids is 1. The van der Waals surface area contributed by atoms with Gasteiger partial charge in [0.25, 0.3) is 0 Å². The zero-order chi connectivity index (χ0) is 11.8. The van der Waals surface area contributed by atoms with E-state index in [4.69, 9.17) is 13.9 Å². The molecule has 0 unspecified atom stereocenters. The fraction of sp³-hybridized carbons (Fsp3) is 0.545. The van der Waals surface area contributed by atoms with Crippen molar-refractivity contribution < 1.29 is 18.7 Å². The lowest BCUT2D eigenvalue weighted by molar-refractivity contribution is -0.136. The summed E-state index contributed by atoms with van der Waals surface area (Å²) in [5.41, 5.74) is 0. The molecule has 0 bridgehead atoms. The Labute approximate surface area is 94.9 Å². The number of carbonyl (C=O) groups is 1. The maximum absolute atomic E-state index is 11.7. The van der Waals surface area contributed by atoms with Crippen molar-refractivity contribution >= 4 is 5.91 Å². The van der Waals surface area contributed by atoms with Gasteiger partial charge in [-0.2, -0.15) is 0 Å². The molecule has 90 valence electrons. The summed E-state index contributed by atoms with van der Waals surface area (Å²) in [5.74, 6) is 0.677. The normalized spacial score (nSPS) is 10.4. The number of rotatable bonds is 7. The first-order valence-corrected chi connectivity index (χ1v) is 5.06. The Morgan fingerprint density at radius 3 is 2.81 bits per heavy atom. The predicted octanol–water partition coefficient (Wildman–Crippen LogP) is 0.901. The van der Waals surface area contributed by atoms with E-state index in [-0.39, 0.29) is 12.5 Å². The fourth-order valence-electron chi connectivity index (χ4n) is 1.30. The highest BCUT2D eigenvalue weighted by Crippen LogP contribution is 2.05. The third kappa shape index (κ3) is 4.04. The Morgan fingerprint density at radius 2 is 2.25 bits per heavy atom. The van der Waals surface area contributed by atoms with E-state index in [0.717, 1.165) is 5.76 Å². The van der Waals surface area contributed by atoms with E-state index in [0.29, 0.717) is 19.7 Å². The van der Waals surface area contributed by atoms with Gasteiger partial charge >= 0.3 is 0 Å². The smallest absolute Gasteiger partial charge is 0.249 e. The molecule has 1 aromatic rings. The first kappa shape index (κ1) is 12.7. The average molecular weight is 227 g/mol. The summed E-state index contributed by atoms with van der Waals surface area (Å²) in [4.78, 5) is 13.3. The van der Waals surface area contributed by atoms with E-state index < -0.39 is 0 Å². The van der Waals surface area contributed by atoms with Crippen LogP contribution in [0, 0.1) is 0 Å². The molecule has 0 aliphatic rings. The standard InChI is InChI=1S/C11H17NO4/c1-14-7-5-12(11(13)9-15-2)8-10-4-3-6-16-10/h3-4,6H,5,7-9H2,1-2H3. The van der Waals surface area contributed by atoms with E-state index >= 15 is 0 Å². The summed E-state index contributed by atoms with van der Waals surface area (Å²) in [6.45, 7) is 1.54. The Hall–Kier alpha value is -1.33. The minimum atomic E-state index is -0.0732. The highest BCUT2D eigenvalue weighted by molar-refractivity contribution is 5.77. The number of amides is 1. The number of ether oxygens (including phenoxy) is 2. The van der Waals surface area contributed by atoms with Crippen molar-refractivity contribution in [2.75, 3.05) is 34.0 Å². The van der Waals surface area contributed by atoms with E-state index in [1.54, 1.807) is 24.3 Å². The van der Waals surface area contributed by atoms with E-state index in [9.17, 15) is 4.79 Å². The molecule has 5 heteroatoms. The zero-order valence-corrected chi connectivity index (χ0v) is 9.64. The highest BCUT2D eigenvalue weighted by atomic mass is 16.5. The van der Waals surface area contributed by atoms with Gasteiger partial charge in [-0.15, -0.1) is 0 Å². The molecule has 16 heavy (non-hydrogen) atoms. The van der Waals surface area contributed by atoms with Crippen molar-refractivity contribution in [2.24, 2.45) is 0 Å². The Bertz CT molecular complexity index is 297. The Balaban J connectivity index is 2.52. The van der Waals surface area contributed by atoms with Crippen LogP contribution in [0.3, 0.4) is 0 Å². The topological polar surface area (TPSA) is 51.9 Å². The number of hydrogen-bond donors (Lipinski definition) is 0. The maximum Gasteiger partial charge on any atom is 0.249 e. The Morgan fingerprint density at radius 1 is 1.44 bits per heavy atom. The van der Waals surface area contributed by atoms with Crippen LogP contribution in [0.15, 0.2) is 22.8 Å². The van der Waals surface area contributed by atoms with Gasteiger partial charge < -0.3 is 18.8 Å². The number of nitrogens with zero attached hydrogens (tertiary/aromatic N) is 1. The van der Waals surface area contributed by atoms with Gasteiger partial charge in [-0.25, -0.2) is 0 Å². The SMILES string of the molecule is COCCN(Cc1ccco1)C(=O)COC. The van der Waals surface area contributed by atoms with Gasteiger partial charge in [0.05, 0.1) is 19.4 Å². The summed E-state index contributed by atoms with van der Waals surface area (Å²) in [7, 11) is 3.10. The van der Waals surface area contributed by atoms with Gasteiger partial charge in [-0.1, -0.05) is 0 Å². The molecule has 0 saturated heterocycles. The van der Waals surface area contributed by atoms with Gasteiger partial charge in [0, 0.05) is 20.8 Å². The molecular weight excluding hydrogens is 210 g/mol. The molecule has 0 atom stereocenters. The molecule has 1 aromatic heterocycles. The second-order valence-corrected chi connectivity index (χ2v) is 3.32. The van der Waals surface area contributed by atoms with Crippen LogP contribution in [-0.2, 0) is 20.8 Å². The van der Waals surface area contributed by atoms with E-state index in [2.05, 4.69) is 0 Å². The molecule has 0 radical (unpaired) electrons. The molecule has 0 aliphatic carbocycles. The third-order valence-electron chi connectivity index (χ3n) is 2.11. The van der Waals surface area contributed by atoms with Crippen LogP contribution in [0.1, 0.15) is 5.76 Å². The lowest BCUT2D eigenvalue weighted by atomic mass is 10.3. The number of hydrogen-bond acceptors (Lipinski definition) is 4. The van der Waals surface area contributed by atoms with Gasteiger partial charge in [0.1, 0.15) is 12.4 Å². The minimum absolute atomic E-state index is 0.0732. The fourth-order valence-corrected chi connectivity index (χ4v) is 1.30. The molecule has 0 fully saturated rings. The average Bonchev–Trinajstić information content (AvgIpc) is 2.77. The van der Waals surface area contributed by atoms with Gasteiger partial charge in [-0.3, -0.25) is 4.79 Å². The minimum Gasteiger partial charge on any atom is -0.467 e. The van der Waals surface area contributed by atoms with E-state index in [1.165, 1.54) is 7.11 Å². The summed E-state index contributed by atoms with van der Waals surface area (Å²) in [6, 6.07) is 3.63. The van der Waals surface area contributed by atoms with Crippen LogP contribution in [0.25, 0.3) is 0 Å². The van der Waals surface area contributed by atoms with E-state index in [1.807, 2.05) is 6.07 Å². The van der Waals surface area contributed by atoms with Crippen LogP contribution >= 0.6 is 0 Å². The number of methoxy groups -OCH3 is 2.